The molecule has 2 amide bonds. The molecule has 0 radical (unpaired) electrons. The van der Waals surface area contributed by atoms with Gasteiger partial charge in [0.15, 0.2) is 5.82 Å². The third-order valence-corrected chi connectivity index (χ3v) is 6.52. The standard InChI is InChI=1S/C23H18N8O10S3/c1-15-3-5-18(44(35,36)37)12-21(15)31-22(16(13-24)14-26-31)29-28-19-6-4-17(11-20(19)27-23(32)25-2)30(7-9-42-40-38-33)8-10-43-41-39-34/h3-6,11-12,14,33-34H,1-2H3,(H2,25,27,32)(H,35,36,37). The number of hydrogen-bond acceptors (Lipinski definition) is 16. The smallest absolute Gasteiger partial charge is 0.319 e. The van der Waals surface area contributed by atoms with E-state index in [2.05, 4.69) is 67.3 Å². The first-order chi connectivity index (χ1) is 21.1. The molecule has 0 saturated carbocycles. The van der Waals surface area contributed by atoms with E-state index in [0.717, 1.165) is 11.0 Å². The maximum atomic E-state index is 12.2. The highest BCUT2D eigenvalue weighted by Crippen LogP contribution is 2.33. The molecule has 0 aliphatic heterocycles. The second-order valence-corrected chi connectivity index (χ2v) is 10.1. The Balaban J connectivity index is 2.10. The first-order valence-corrected chi connectivity index (χ1v) is 14.2. The summed E-state index contributed by atoms with van der Waals surface area (Å²) in [6, 6.07) is 14.6. The second-order valence-electron chi connectivity index (χ2n) is 7.65. The van der Waals surface area contributed by atoms with Crippen LogP contribution in [0.3, 0.4) is 0 Å². The molecule has 5 N–H and O–H groups in total. The number of nitrogens with one attached hydrogen (secondary N) is 2. The Hall–Kier alpha value is -4.70. The van der Waals surface area contributed by atoms with Crippen molar-refractivity contribution in [2.75, 3.05) is 17.3 Å². The van der Waals surface area contributed by atoms with Gasteiger partial charge in [-0.2, -0.15) is 18.8 Å². The number of aromatic nitrogens is 2. The molecule has 0 aliphatic rings. The minimum atomic E-state index is -4.55. The molecule has 0 spiro atoms. The number of nitrogens with zero attached hydrogens (tertiary/aromatic N) is 6. The average molecular weight is 663 g/mol. The van der Waals surface area contributed by atoms with Crippen LogP contribution in [0, 0.1) is 40.8 Å². The van der Waals surface area contributed by atoms with Crippen molar-refractivity contribution in [3.8, 4) is 34.4 Å². The zero-order valence-electron chi connectivity index (χ0n) is 22.1. The number of azo groups is 1. The van der Waals surface area contributed by atoms with Gasteiger partial charge in [0.2, 0.25) is 0 Å². The maximum absolute atomic E-state index is 12.2. The van der Waals surface area contributed by atoms with E-state index in [1.54, 1.807) is 6.92 Å². The minimum absolute atomic E-state index is 0.0160. The lowest BCUT2D eigenvalue weighted by Gasteiger charge is -2.13. The topological polar surface area (TPSA) is 242 Å². The molecule has 0 fully saturated rings. The predicted octanol–water partition coefficient (Wildman–Crippen LogP) is 4.25. The van der Waals surface area contributed by atoms with Crippen molar-refractivity contribution in [1.29, 1.82) is 5.26 Å². The molecule has 0 aliphatic carbocycles. The summed E-state index contributed by atoms with van der Waals surface area (Å²) in [6.07, 6.45) is 1.20. The van der Waals surface area contributed by atoms with Crippen molar-refractivity contribution in [2.24, 2.45) is 10.2 Å². The number of hydrogen-bond donors (Lipinski definition) is 5. The van der Waals surface area contributed by atoms with E-state index < -0.39 is 21.0 Å². The van der Waals surface area contributed by atoms with Gasteiger partial charge in [-0.25, -0.2) is 24.9 Å². The molecule has 1 aromatic heterocycles. The van der Waals surface area contributed by atoms with Crippen molar-refractivity contribution in [1.82, 2.24) is 15.1 Å². The van der Waals surface area contributed by atoms with E-state index >= 15 is 0 Å². The Morgan fingerprint density at radius 3 is 2.36 bits per heavy atom. The molecule has 44 heavy (non-hydrogen) atoms. The second kappa shape index (κ2) is 16.2. The molecule has 18 nitrogen and oxygen atoms in total. The van der Waals surface area contributed by atoms with E-state index in [0.29, 0.717) is 29.6 Å². The lowest BCUT2D eigenvalue weighted by atomic mass is 10.2. The van der Waals surface area contributed by atoms with Crippen LogP contribution >= 0.6 is 24.1 Å². The van der Waals surface area contributed by atoms with Crippen LogP contribution in [0.2, 0.25) is 0 Å². The number of benzene rings is 2. The summed E-state index contributed by atoms with van der Waals surface area (Å²) >= 11 is 0.827. The van der Waals surface area contributed by atoms with Crippen molar-refractivity contribution < 1.29 is 47.0 Å². The number of nitriles is 1. The molecular weight excluding hydrogens is 645 g/mol. The fraction of sp³-hybridized carbons (Fsp3) is 0.0870. The third-order valence-electron chi connectivity index (χ3n) is 5.06. The van der Waals surface area contributed by atoms with Crippen LogP contribution in [-0.2, 0) is 28.9 Å². The van der Waals surface area contributed by atoms with Crippen LogP contribution < -0.4 is 15.5 Å². The van der Waals surface area contributed by atoms with E-state index in [-0.39, 0.29) is 34.1 Å². The van der Waals surface area contributed by atoms with Gasteiger partial charge in [0, 0.05) is 29.6 Å². The summed E-state index contributed by atoms with van der Waals surface area (Å²) in [5.74, 6) is -0.0809. The summed E-state index contributed by atoms with van der Waals surface area (Å²) in [5.41, 5.74) is 1.18. The van der Waals surface area contributed by atoms with Crippen LogP contribution in [0.15, 0.2) is 57.7 Å². The molecular formula is C23H18N8O10S3. The lowest BCUT2D eigenvalue weighted by Crippen LogP contribution is -2.24. The largest absolute Gasteiger partial charge is 0.341 e. The van der Waals surface area contributed by atoms with Crippen LogP contribution in [-0.4, -0.2) is 46.3 Å². The van der Waals surface area contributed by atoms with Gasteiger partial charge < -0.3 is 10.6 Å². The van der Waals surface area contributed by atoms with Crippen LogP contribution in [0.25, 0.3) is 5.69 Å². The first kappa shape index (κ1) is 33.8. The van der Waals surface area contributed by atoms with E-state index in [1.165, 1.54) is 48.3 Å². The van der Waals surface area contributed by atoms with Gasteiger partial charge in [-0.1, -0.05) is 16.1 Å². The molecule has 2 aromatic carbocycles. The van der Waals surface area contributed by atoms with E-state index in [4.69, 9.17) is 10.5 Å². The van der Waals surface area contributed by atoms with Crippen LogP contribution in [0.4, 0.5) is 27.7 Å². The maximum Gasteiger partial charge on any atom is 0.319 e. The van der Waals surface area contributed by atoms with Gasteiger partial charge in [0.05, 0.1) is 28.2 Å². The molecule has 228 valence electrons. The number of urea groups is 1. The number of carbonyl (C=O) groups is 1. The summed E-state index contributed by atoms with van der Waals surface area (Å²) < 4.78 is 42.5. The number of rotatable bonds is 10. The van der Waals surface area contributed by atoms with Crippen LogP contribution in [0.1, 0.15) is 11.1 Å². The Kier molecular flexibility index (Phi) is 12.5. The van der Waals surface area contributed by atoms with Crippen molar-refractivity contribution in [2.45, 2.75) is 11.8 Å². The Labute approximate surface area is 257 Å². The zero-order chi connectivity index (χ0) is 32.1. The number of anilines is 2. The fourth-order valence-electron chi connectivity index (χ4n) is 3.16. The number of aryl methyl sites for hydroxylation is 1. The average Bonchev–Trinajstić information content (AvgIpc) is 3.41. The van der Waals surface area contributed by atoms with E-state index in [9.17, 15) is 23.0 Å². The predicted molar refractivity (Wildman–Crippen MR) is 154 cm³/mol. The summed E-state index contributed by atoms with van der Waals surface area (Å²) in [7, 11) is -3.17. The summed E-state index contributed by atoms with van der Waals surface area (Å²) in [6.45, 7) is 1.66. The minimum Gasteiger partial charge on any atom is -0.341 e. The molecule has 3 rings (SSSR count). The Bertz CT molecular complexity index is 1790. The van der Waals surface area contributed by atoms with Crippen molar-refractivity contribution >= 4 is 63.1 Å². The quantitative estimate of drug-likeness (QED) is 0.0298. The number of amides is 2. The molecule has 1 heterocycles. The zero-order valence-corrected chi connectivity index (χ0v) is 24.6. The van der Waals surface area contributed by atoms with Gasteiger partial charge in [-0.15, -0.1) is 18.9 Å². The monoisotopic (exact) mass is 662 g/mol. The molecule has 21 heteroatoms. The van der Waals surface area contributed by atoms with Gasteiger partial charge in [0.1, 0.15) is 41.4 Å². The highest BCUT2D eigenvalue weighted by Gasteiger charge is 2.18. The van der Waals surface area contributed by atoms with Gasteiger partial charge in [-0.3, -0.25) is 4.55 Å². The molecule has 0 atom stereocenters. The molecule has 3 aromatic rings. The normalized spacial score (nSPS) is 10.7. The molecule has 0 unspecified atom stereocenters. The fourth-order valence-corrected chi connectivity index (χ4v) is 4.04. The van der Waals surface area contributed by atoms with Crippen molar-refractivity contribution in [3.05, 3.63) is 53.7 Å². The lowest BCUT2D eigenvalue weighted by molar-refractivity contribution is -0.431. The Morgan fingerprint density at radius 2 is 1.77 bits per heavy atom. The first-order valence-electron chi connectivity index (χ1n) is 11.3. The van der Waals surface area contributed by atoms with E-state index in [1.807, 2.05) is 6.07 Å². The number of carbonyl (C=O) groups excluding carboxylic acids is 1. The Morgan fingerprint density at radius 1 is 1.09 bits per heavy atom. The van der Waals surface area contributed by atoms with Gasteiger partial charge in [0.25, 0.3) is 10.1 Å². The summed E-state index contributed by atoms with van der Waals surface area (Å²) in [5, 5.41) is 55.4. The SMILES string of the molecule is CNC(=O)Nc1cc(N(C#CSOOO)C#CSOOO)ccc1N=Nc1c(C#N)cnn1-c1cc(S(=O)(=O)O)ccc1C. The van der Waals surface area contributed by atoms with Gasteiger partial charge in [-0.05, 0) is 42.8 Å². The molecule has 0 saturated heterocycles. The highest BCUT2D eigenvalue weighted by atomic mass is 32.2. The molecule has 0 bridgehead atoms. The highest BCUT2D eigenvalue weighted by molar-refractivity contribution is 7.99. The summed E-state index contributed by atoms with van der Waals surface area (Å²) in [4.78, 5) is 13.0. The van der Waals surface area contributed by atoms with Crippen molar-refractivity contribution in [3.63, 3.8) is 0 Å². The van der Waals surface area contributed by atoms with Crippen LogP contribution in [0.5, 0.6) is 0 Å². The van der Waals surface area contributed by atoms with Gasteiger partial charge >= 0.3 is 6.03 Å². The third kappa shape index (κ3) is 9.15.